The maximum absolute atomic E-state index is 12.6. The highest BCUT2D eigenvalue weighted by atomic mass is 35.5. The Kier molecular flexibility index (Phi) is 13.6. The highest BCUT2D eigenvalue weighted by molar-refractivity contribution is 5.97. The fourth-order valence-corrected chi connectivity index (χ4v) is 3.59. The zero-order valence-electron chi connectivity index (χ0n) is 19.2. The van der Waals surface area contributed by atoms with Crippen molar-refractivity contribution in [3.8, 4) is 11.1 Å². The average molecular weight is 470 g/mol. The Balaban J connectivity index is 0.00000450. The molecule has 0 fully saturated rings. The van der Waals surface area contributed by atoms with E-state index < -0.39 is 0 Å². The molecule has 0 aliphatic heterocycles. The summed E-state index contributed by atoms with van der Waals surface area (Å²) in [5.74, 6) is 0.497. The number of aryl methyl sites for hydroxylation is 1. The third kappa shape index (κ3) is 8.08. The number of nitrogens with zero attached hydrogens (tertiary/aromatic N) is 1. The quantitative estimate of drug-likeness (QED) is 0.399. The molecule has 0 spiro atoms. The van der Waals surface area contributed by atoms with Crippen molar-refractivity contribution in [3.05, 3.63) is 46.8 Å². The summed E-state index contributed by atoms with van der Waals surface area (Å²) in [6, 6.07) is 8.17. The first kappa shape index (κ1) is 29.3. The van der Waals surface area contributed by atoms with E-state index in [-0.39, 0.29) is 30.7 Å². The molecule has 0 bridgehead atoms. The maximum Gasteiger partial charge on any atom is 0.224 e. The maximum atomic E-state index is 12.6. The first-order valence-corrected chi connectivity index (χ1v) is 10.7. The van der Waals surface area contributed by atoms with Gasteiger partial charge in [-0.2, -0.15) is 0 Å². The van der Waals surface area contributed by atoms with E-state index in [1.165, 1.54) is 0 Å². The van der Waals surface area contributed by atoms with Crippen LogP contribution in [0.1, 0.15) is 69.0 Å². The molecule has 1 amide bonds. The van der Waals surface area contributed by atoms with Crippen LogP contribution in [0.4, 0.5) is 5.69 Å². The molecule has 0 aliphatic carbocycles. The van der Waals surface area contributed by atoms with Crippen LogP contribution in [0.3, 0.4) is 0 Å². The van der Waals surface area contributed by atoms with Crippen LogP contribution >= 0.6 is 24.8 Å². The molecular formula is C24H38Cl2N4O. The van der Waals surface area contributed by atoms with E-state index >= 15 is 0 Å². The van der Waals surface area contributed by atoms with Gasteiger partial charge in [-0.15, -0.1) is 24.8 Å². The molecule has 7 heteroatoms. The minimum Gasteiger partial charge on any atom is -0.326 e. The van der Waals surface area contributed by atoms with Crippen molar-refractivity contribution in [3.63, 3.8) is 0 Å². The van der Waals surface area contributed by atoms with Gasteiger partial charge in [0.15, 0.2) is 0 Å². The van der Waals surface area contributed by atoms with Crippen molar-refractivity contribution in [2.75, 3.05) is 5.32 Å². The number of aromatic nitrogens is 1. The fraction of sp³-hybridized carbons (Fsp3) is 0.500. The molecule has 0 radical (unpaired) electrons. The number of carbonyl (C=O) groups is 1. The minimum absolute atomic E-state index is 0. The van der Waals surface area contributed by atoms with Gasteiger partial charge in [-0.3, -0.25) is 9.78 Å². The Morgan fingerprint density at radius 2 is 1.71 bits per heavy atom. The summed E-state index contributed by atoms with van der Waals surface area (Å²) < 4.78 is 0. The SMILES string of the molecule is CCCCCC(=O)Nc1c(C)nc(CC(C)C)c(CN)c1-c1ccc(CN)cc1.Cl.Cl. The smallest absolute Gasteiger partial charge is 0.224 e. The first-order valence-electron chi connectivity index (χ1n) is 10.7. The summed E-state index contributed by atoms with van der Waals surface area (Å²) in [5.41, 5.74) is 18.7. The minimum atomic E-state index is 0. The Morgan fingerprint density at radius 3 is 2.23 bits per heavy atom. The van der Waals surface area contributed by atoms with Crippen molar-refractivity contribution in [2.45, 2.75) is 72.9 Å². The van der Waals surface area contributed by atoms with Crippen LogP contribution in [0.5, 0.6) is 0 Å². The molecule has 0 saturated heterocycles. The van der Waals surface area contributed by atoms with Crippen LogP contribution in [0.15, 0.2) is 24.3 Å². The molecule has 0 aliphatic rings. The molecule has 0 unspecified atom stereocenters. The zero-order chi connectivity index (χ0) is 21.4. The average Bonchev–Trinajstić information content (AvgIpc) is 2.69. The van der Waals surface area contributed by atoms with Crippen LogP contribution in [0.2, 0.25) is 0 Å². The van der Waals surface area contributed by atoms with Crippen molar-refractivity contribution >= 4 is 36.4 Å². The largest absolute Gasteiger partial charge is 0.326 e. The number of hydrogen-bond donors (Lipinski definition) is 3. The van der Waals surface area contributed by atoms with Gasteiger partial charge in [-0.25, -0.2) is 0 Å². The van der Waals surface area contributed by atoms with E-state index in [1.807, 2.05) is 19.1 Å². The predicted octanol–water partition coefficient (Wildman–Crippen LogP) is 5.54. The number of anilines is 1. The first-order chi connectivity index (χ1) is 13.9. The summed E-state index contributed by atoms with van der Waals surface area (Å²) in [6.45, 7) is 9.33. The molecule has 0 atom stereocenters. The lowest BCUT2D eigenvalue weighted by Crippen LogP contribution is -2.17. The van der Waals surface area contributed by atoms with Crippen molar-refractivity contribution in [1.29, 1.82) is 0 Å². The molecule has 1 aromatic carbocycles. The molecule has 1 aromatic heterocycles. The van der Waals surface area contributed by atoms with E-state index in [1.54, 1.807) is 0 Å². The number of rotatable bonds is 10. The number of carbonyl (C=O) groups excluding carboxylic acids is 1. The summed E-state index contributed by atoms with van der Waals surface area (Å²) in [6.07, 6.45) is 4.41. The zero-order valence-corrected chi connectivity index (χ0v) is 20.8. The van der Waals surface area contributed by atoms with Gasteiger partial charge in [0.25, 0.3) is 0 Å². The van der Waals surface area contributed by atoms with Crippen molar-refractivity contribution in [1.82, 2.24) is 4.98 Å². The van der Waals surface area contributed by atoms with Crippen LogP contribution in [-0.2, 0) is 24.3 Å². The molecule has 174 valence electrons. The second kappa shape index (κ2) is 14.4. The van der Waals surface area contributed by atoms with E-state index in [0.717, 1.165) is 65.0 Å². The molecule has 5 nitrogen and oxygen atoms in total. The van der Waals surface area contributed by atoms with Crippen molar-refractivity contribution in [2.24, 2.45) is 17.4 Å². The highest BCUT2D eigenvalue weighted by Gasteiger charge is 2.20. The number of hydrogen-bond acceptors (Lipinski definition) is 4. The molecule has 2 aromatic rings. The lowest BCUT2D eigenvalue weighted by molar-refractivity contribution is -0.116. The summed E-state index contributed by atoms with van der Waals surface area (Å²) >= 11 is 0. The van der Waals surface area contributed by atoms with Gasteiger partial charge >= 0.3 is 0 Å². The second-order valence-electron chi connectivity index (χ2n) is 8.08. The fourth-order valence-electron chi connectivity index (χ4n) is 3.59. The molecule has 2 rings (SSSR count). The Bertz CT molecular complexity index is 823. The third-order valence-corrected chi connectivity index (χ3v) is 5.12. The van der Waals surface area contributed by atoms with Crippen LogP contribution in [0.25, 0.3) is 11.1 Å². The Morgan fingerprint density at radius 1 is 1.06 bits per heavy atom. The number of nitrogens with two attached hydrogens (primary N) is 2. The monoisotopic (exact) mass is 468 g/mol. The van der Waals surface area contributed by atoms with Crippen molar-refractivity contribution < 1.29 is 4.79 Å². The summed E-state index contributed by atoms with van der Waals surface area (Å²) in [4.78, 5) is 17.4. The van der Waals surface area contributed by atoms with Gasteiger partial charge in [-0.1, -0.05) is 57.9 Å². The van der Waals surface area contributed by atoms with Gasteiger partial charge in [0.1, 0.15) is 0 Å². The van der Waals surface area contributed by atoms with Crippen LogP contribution in [-0.4, -0.2) is 10.9 Å². The van der Waals surface area contributed by atoms with E-state index in [2.05, 4.69) is 38.2 Å². The van der Waals surface area contributed by atoms with E-state index in [4.69, 9.17) is 16.5 Å². The highest BCUT2D eigenvalue weighted by Crippen LogP contribution is 2.36. The molecular weight excluding hydrogens is 431 g/mol. The summed E-state index contributed by atoms with van der Waals surface area (Å²) in [5, 5.41) is 3.14. The van der Waals surface area contributed by atoms with Gasteiger partial charge in [0, 0.05) is 30.8 Å². The number of unbranched alkanes of at least 4 members (excludes halogenated alkanes) is 2. The third-order valence-electron chi connectivity index (χ3n) is 5.12. The molecule has 1 heterocycles. The molecule has 31 heavy (non-hydrogen) atoms. The number of nitrogens with one attached hydrogen (secondary N) is 1. The van der Waals surface area contributed by atoms with Crippen LogP contribution < -0.4 is 16.8 Å². The number of benzene rings is 1. The Labute approximate surface area is 199 Å². The van der Waals surface area contributed by atoms with E-state index in [9.17, 15) is 4.79 Å². The predicted molar refractivity (Wildman–Crippen MR) is 136 cm³/mol. The lowest BCUT2D eigenvalue weighted by atomic mass is 9.92. The van der Waals surface area contributed by atoms with Crippen LogP contribution in [0, 0.1) is 12.8 Å². The lowest BCUT2D eigenvalue weighted by Gasteiger charge is -2.21. The molecule has 5 N–H and O–H groups in total. The Hall–Kier alpha value is -1.66. The number of pyridine rings is 1. The standard InChI is InChI=1S/C24H36N4O.2ClH/c1-5-6-7-8-22(29)28-24-17(4)27-21(13-16(2)3)20(15-26)23(24)19-11-9-18(14-25)10-12-19;;/h9-12,16H,5-8,13-15,25-26H2,1-4H3,(H,28,29);2*1H. The van der Waals surface area contributed by atoms with Gasteiger partial charge in [-0.05, 0) is 42.4 Å². The number of halogens is 2. The van der Waals surface area contributed by atoms with E-state index in [0.29, 0.717) is 25.4 Å². The number of amides is 1. The van der Waals surface area contributed by atoms with Gasteiger partial charge < -0.3 is 16.8 Å². The van der Waals surface area contributed by atoms with Gasteiger partial charge in [0.2, 0.25) is 5.91 Å². The van der Waals surface area contributed by atoms with Gasteiger partial charge in [0.05, 0.1) is 11.4 Å². The topological polar surface area (TPSA) is 94.0 Å². The second-order valence-corrected chi connectivity index (χ2v) is 8.08. The summed E-state index contributed by atoms with van der Waals surface area (Å²) in [7, 11) is 0. The normalized spacial score (nSPS) is 10.4. The molecule has 0 saturated carbocycles.